The number of amidine groups is 1. The molecular formula is C10H9N5O2S. The van der Waals surface area contributed by atoms with Crippen LogP contribution < -0.4 is 11.1 Å². The Balaban J connectivity index is 2.17. The summed E-state index contributed by atoms with van der Waals surface area (Å²) in [4.78, 5) is 11.7. The number of nitrogens with zero attached hydrogens (tertiary/aromatic N) is 3. The second kappa shape index (κ2) is 5.23. The molecule has 0 aliphatic heterocycles. The second-order valence-electron chi connectivity index (χ2n) is 3.31. The summed E-state index contributed by atoms with van der Waals surface area (Å²) in [5.41, 5.74) is 6.73. The first kappa shape index (κ1) is 12.0. The summed E-state index contributed by atoms with van der Waals surface area (Å²) in [6.07, 6.45) is 0. The van der Waals surface area contributed by atoms with Gasteiger partial charge >= 0.3 is 0 Å². The maximum atomic E-state index is 11.7. The van der Waals surface area contributed by atoms with E-state index in [1.54, 1.807) is 29.6 Å². The lowest BCUT2D eigenvalue weighted by molar-refractivity contribution is 0.102. The van der Waals surface area contributed by atoms with Gasteiger partial charge in [0.2, 0.25) is 0 Å². The average molecular weight is 263 g/mol. The molecule has 4 N–H and O–H groups in total. The van der Waals surface area contributed by atoms with E-state index in [0.717, 1.165) is 11.5 Å². The van der Waals surface area contributed by atoms with Crippen molar-refractivity contribution in [1.82, 2.24) is 9.59 Å². The number of carbonyl (C=O) groups is 1. The van der Waals surface area contributed by atoms with Crippen molar-refractivity contribution in [1.29, 1.82) is 0 Å². The van der Waals surface area contributed by atoms with Crippen LogP contribution in [0.15, 0.2) is 34.8 Å². The minimum absolute atomic E-state index is 0.0265. The van der Waals surface area contributed by atoms with E-state index in [-0.39, 0.29) is 17.4 Å². The normalized spacial score (nSPS) is 11.2. The number of benzene rings is 1. The van der Waals surface area contributed by atoms with Crippen molar-refractivity contribution in [2.45, 2.75) is 0 Å². The number of nitrogens with one attached hydrogen (secondary N) is 1. The molecule has 0 fully saturated rings. The first-order valence-corrected chi connectivity index (χ1v) is 5.70. The molecule has 0 radical (unpaired) electrons. The largest absolute Gasteiger partial charge is 0.409 e. The molecule has 1 aromatic carbocycles. The molecular weight excluding hydrogens is 254 g/mol. The lowest BCUT2D eigenvalue weighted by Crippen LogP contribution is -2.15. The van der Waals surface area contributed by atoms with E-state index in [2.05, 4.69) is 20.1 Å². The Kier molecular flexibility index (Phi) is 3.49. The maximum Gasteiger partial charge on any atom is 0.277 e. The van der Waals surface area contributed by atoms with Crippen LogP contribution >= 0.6 is 11.5 Å². The summed E-state index contributed by atoms with van der Waals surface area (Å²) in [6, 6.07) is 6.62. The zero-order valence-electron chi connectivity index (χ0n) is 9.07. The molecule has 0 aliphatic carbocycles. The van der Waals surface area contributed by atoms with Crippen molar-refractivity contribution < 1.29 is 10.0 Å². The standard InChI is InChI=1S/C10H9N5O2S/c11-9(14-17)6-2-1-3-7(4-6)12-10(16)8-5-18-15-13-8/h1-5,17H,(H2,11,14)(H,12,16). The topological polar surface area (TPSA) is 113 Å². The highest BCUT2D eigenvalue weighted by molar-refractivity contribution is 7.03. The van der Waals surface area contributed by atoms with E-state index in [1.807, 2.05) is 0 Å². The van der Waals surface area contributed by atoms with E-state index < -0.39 is 0 Å². The summed E-state index contributed by atoms with van der Waals surface area (Å²) in [7, 11) is 0. The minimum atomic E-state index is -0.361. The van der Waals surface area contributed by atoms with E-state index >= 15 is 0 Å². The number of oxime groups is 1. The number of aromatic nitrogens is 2. The van der Waals surface area contributed by atoms with Crippen LogP contribution in [0.3, 0.4) is 0 Å². The maximum absolute atomic E-state index is 11.7. The molecule has 0 bridgehead atoms. The Morgan fingerprint density at radius 1 is 1.50 bits per heavy atom. The highest BCUT2D eigenvalue weighted by atomic mass is 32.1. The van der Waals surface area contributed by atoms with Gasteiger partial charge in [0.15, 0.2) is 11.5 Å². The predicted octanol–water partition coefficient (Wildman–Crippen LogP) is 0.885. The molecule has 92 valence electrons. The van der Waals surface area contributed by atoms with Crippen molar-refractivity contribution in [3.63, 3.8) is 0 Å². The molecule has 8 heteroatoms. The first-order valence-electron chi connectivity index (χ1n) is 4.87. The summed E-state index contributed by atoms with van der Waals surface area (Å²) in [5, 5.41) is 19.3. The van der Waals surface area contributed by atoms with Crippen molar-refractivity contribution >= 4 is 29.0 Å². The fraction of sp³-hybridized carbons (Fsp3) is 0. The Morgan fingerprint density at radius 2 is 2.33 bits per heavy atom. The smallest absolute Gasteiger partial charge is 0.277 e. The number of hydrogen-bond donors (Lipinski definition) is 3. The number of carbonyl (C=O) groups excluding carboxylic acids is 1. The Labute approximate surface area is 106 Å². The molecule has 0 unspecified atom stereocenters. The van der Waals surface area contributed by atoms with Crippen molar-refractivity contribution in [2.24, 2.45) is 10.9 Å². The third-order valence-corrected chi connectivity index (χ3v) is 2.62. The van der Waals surface area contributed by atoms with Crippen LogP contribution in [0.2, 0.25) is 0 Å². The lowest BCUT2D eigenvalue weighted by atomic mass is 10.2. The SMILES string of the molecule is NC(=NO)c1cccc(NC(=O)c2csnn2)c1. The molecule has 1 aromatic heterocycles. The van der Waals surface area contributed by atoms with E-state index in [9.17, 15) is 4.79 Å². The zero-order chi connectivity index (χ0) is 13.0. The molecule has 1 heterocycles. The Morgan fingerprint density at radius 3 is 3.00 bits per heavy atom. The van der Waals surface area contributed by atoms with Crippen LogP contribution in [0.5, 0.6) is 0 Å². The number of hydrogen-bond acceptors (Lipinski definition) is 6. The highest BCUT2D eigenvalue weighted by Gasteiger charge is 2.09. The fourth-order valence-electron chi connectivity index (χ4n) is 1.27. The molecule has 0 aliphatic rings. The number of anilines is 1. The second-order valence-corrected chi connectivity index (χ2v) is 3.92. The monoisotopic (exact) mass is 263 g/mol. The molecule has 1 amide bonds. The fourth-order valence-corrected chi connectivity index (χ4v) is 1.71. The molecule has 0 atom stereocenters. The van der Waals surface area contributed by atoms with Gasteiger partial charge in [-0.25, -0.2) is 0 Å². The van der Waals surface area contributed by atoms with Crippen LogP contribution in [0.25, 0.3) is 0 Å². The molecule has 7 nitrogen and oxygen atoms in total. The Bertz CT molecular complexity index is 582. The van der Waals surface area contributed by atoms with Gasteiger partial charge in [-0.2, -0.15) is 0 Å². The van der Waals surface area contributed by atoms with Gasteiger partial charge in [0, 0.05) is 16.6 Å². The summed E-state index contributed by atoms with van der Waals surface area (Å²) >= 11 is 1.10. The third kappa shape index (κ3) is 2.61. The van der Waals surface area contributed by atoms with Gasteiger partial charge in [-0.3, -0.25) is 4.79 Å². The molecule has 18 heavy (non-hydrogen) atoms. The quantitative estimate of drug-likeness (QED) is 0.329. The zero-order valence-corrected chi connectivity index (χ0v) is 9.89. The van der Waals surface area contributed by atoms with E-state index in [1.165, 1.54) is 0 Å². The van der Waals surface area contributed by atoms with Gasteiger partial charge < -0.3 is 16.3 Å². The van der Waals surface area contributed by atoms with Crippen molar-refractivity contribution in [2.75, 3.05) is 5.32 Å². The average Bonchev–Trinajstić information content (AvgIpc) is 2.92. The van der Waals surface area contributed by atoms with Crippen molar-refractivity contribution in [3.8, 4) is 0 Å². The molecule has 0 saturated carbocycles. The molecule has 2 aromatic rings. The molecule has 0 spiro atoms. The number of nitrogens with two attached hydrogens (primary N) is 1. The molecule has 2 rings (SSSR count). The van der Waals surface area contributed by atoms with Gasteiger partial charge in [-0.05, 0) is 23.7 Å². The van der Waals surface area contributed by atoms with Crippen LogP contribution in [-0.4, -0.2) is 26.5 Å². The van der Waals surface area contributed by atoms with Crippen LogP contribution in [-0.2, 0) is 0 Å². The van der Waals surface area contributed by atoms with Gasteiger partial charge in [0.05, 0.1) is 0 Å². The molecule has 0 saturated heterocycles. The summed E-state index contributed by atoms with van der Waals surface area (Å²) < 4.78 is 3.60. The van der Waals surface area contributed by atoms with Gasteiger partial charge in [-0.1, -0.05) is 21.8 Å². The van der Waals surface area contributed by atoms with E-state index in [0.29, 0.717) is 11.3 Å². The summed E-state index contributed by atoms with van der Waals surface area (Å²) in [6.45, 7) is 0. The van der Waals surface area contributed by atoms with Crippen LogP contribution in [0, 0.1) is 0 Å². The highest BCUT2D eigenvalue weighted by Crippen LogP contribution is 2.12. The van der Waals surface area contributed by atoms with Crippen LogP contribution in [0.4, 0.5) is 5.69 Å². The van der Waals surface area contributed by atoms with E-state index in [4.69, 9.17) is 10.9 Å². The first-order chi connectivity index (χ1) is 8.70. The van der Waals surface area contributed by atoms with Gasteiger partial charge in [0.1, 0.15) is 0 Å². The van der Waals surface area contributed by atoms with Gasteiger partial charge in [0.25, 0.3) is 5.91 Å². The predicted molar refractivity (Wildman–Crippen MR) is 66.8 cm³/mol. The summed E-state index contributed by atoms with van der Waals surface area (Å²) in [5.74, 6) is -0.387. The van der Waals surface area contributed by atoms with Gasteiger partial charge in [-0.15, -0.1) is 5.10 Å². The lowest BCUT2D eigenvalue weighted by Gasteiger charge is -2.05. The third-order valence-electron chi connectivity index (χ3n) is 2.12. The number of rotatable bonds is 3. The van der Waals surface area contributed by atoms with Crippen LogP contribution in [0.1, 0.15) is 16.1 Å². The van der Waals surface area contributed by atoms with Crippen molar-refractivity contribution in [3.05, 3.63) is 40.9 Å². The number of amides is 1. The Hall–Kier alpha value is -2.48. The minimum Gasteiger partial charge on any atom is -0.409 e.